The number of alkyl halides is 3. The zero-order chi connectivity index (χ0) is 19.3. The van der Waals surface area contributed by atoms with E-state index >= 15 is 0 Å². The predicted molar refractivity (Wildman–Crippen MR) is 95.4 cm³/mol. The molecule has 1 saturated heterocycles. The van der Waals surface area contributed by atoms with E-state index < -0.39 is 17.6 Å². The van der Waals surface area contributed by atoms with Crippen molar-refractivity contribution in [1.82, 2.24) is 10.2 Å². The average molecular weight is 378 g/mol. The van der Waals surface area contributed by atoms with Crippen LogP contribution in [-0.4, -0.2) is 43.6 Å². The number of nitrogens with one attached hydrogen (secondary N) is 1. The van der Waals surface area contributed by atoms with E-state index in [4.69, 9.17) is 4.74 Å². The Kier molecular flexibility index (Phi) is 6.13. The van der Waals surface area contributed by atoms with E-state index in [1.165, 1.54) is 18.2 Å². The Labute approximate surface area is 155 Å². The molecule has 2 aromatic carbocycles. The number of halogens is 3. The van der Waals surface area contributed by atoms with Crippen LogP contribution in [0.25, 0.3) is 0 Å². The Morgan fingerprint density at radius 2 is 1.81 bits per heavy atom. The van der Waals surface area contributed by atoms with Gasteiger partial charge in [-0.05, 0) is 17.7 Å². The number of morpholine rings is 1. The summed E-state index contributed by atoms with van der Waals surface area (Å²) in [5.74, 6) is -0.712. The van der Waals surface area contributed by atoms with Crippen LogP contribution in [0, 0.1) is 0 Å². The van der Waals surface area contributed by atoms with Crippen molar-refractivity contribution in [2.24, 2.45) is 0 Å². The van der Waals surface area contributed by atoms with Crippen molar-refractivity contribution in [3.8, 4) is 0 Å². The molecule has 7 heteroatoms. The van der Waals surface area contributed by atoms with Gasteiger partial charge in [0.1, 0.15) is 0 Å². The highest BCUT2D eigenvalue weighted by atomic mass is 19.4. The van der Waals surface area contributed by atoms with Gasteiger partial charge in [0.25, 0.3) is 5.91 Å². The van der Waals surface area contributed by atoms with E-state index in [0.29, 0.717) is 19.7 Å². The molecule has 0 aromatic heterocycles. The first-order valence-corrected chi connectivity index (χ1v) is 8.78. The molecule has 0 aliphatic carbocycles. The lowest BCUT2D eigenvalue weighted by molar-refractivity contribution is -0.137. The number of nitrogens with zero attached hydrogens (tertiary/aromatic N) is 1. The summed E-state index contributed by atoms with van der Waals surface area (Å²) in [5.41, 5.74) is -0.183. The third-order valence-electron chi connectivity index (χ3n) is 4.51. The second-order valence-corrected chi connectivity index (χ2v) is 6.37. The molecule has 2 aromatic rings. The first kappa shape index (κ1) is 19.4. The Bertz CT molecular complexity index is 765. The molecule has 0 spiro atoms. The fraction of sp³-hybridized carbons (Fsp3) is 0.350. The predicted octanol–water partition coefficient (Wildman–Crippen LogP) is 3.51. The summed E-state index contributed by atoms with van der Waals surface area (Å²) < 4.78 is 44.9. The van der Waals surface area contributed by atoms with Gasteiger partial charge in [-0.3, -0.25) is 9.69 Å². The second kappa shape index (κ2) is 8.54. The summed E-state index contributed by atoms with van der Waals surface area (Å²) in [5, 5.41) is 2.59. The quantitative estimate of drug-likeness (QED) is 0.866. The summed E-state index contributed by atoms with van der Waals surface area (Å²) in [6.45, 7) is 2.79. The van der Waals surface area contributed by atoms with Crippen LogP contribution in [0.2, 0.25) is 0 Å². The Morgan fingerprint density at radius 3 is 2.56 bits per heavy atom. The number of carbonyl (C=O) groups is 1. The van der Waals surface area contributed by atoms with Gasteiger partial charge in [-0.1, -0.05) is 42.5 Å². The third-order valence-corrected chi connectivity index (χ3v) is 4.51. The summed E-state index contributed by atoms with van der Waals surface area (Å²) >= 11 is 0. The molecular weight excluding hydrogens is 357 g/mol. The van der Waals surface area contributed by atoms with E-state index in [0.717, 1.165) is 18.2 Å². The largest absolute Gasteiger partial charge is 0.417 e. The van der Waals surface area contributed by atoms with Gasteiger partial charge in [0.15, 0.2) is 0 Å². The highest BCUT2D eigenvalue weighted by Crippen LogP contribution is 2.31. The van der Waals surface area contributed by atoms with Crippen molar-refractivity contribution in [3.05, 3.63) is 71.3 Å². The number of hydrogen-bond acceptors (Lipinski definition) is 3. The monoisotopic (exact) mass is 378 g/mol. The first-order valence-electron chi connectivity index (χ1n) is 8.78. The van der Waals surface area contributed by atoms with Crippen molar-refractivity contribution < 1.29 is 22.7 Å². The molecule has 3 rings (SSSR count). The highest BCUT2D eigenvalue weighted by Gasteiger charge is 2.34. The fourth-order valence-electron chi connectivity index (χ4n) is 3.13. The number of carbonyl (C=O) groups excluding carboxylic acids is 1. The number of amides is 1. The smallest absolute Gasteiger partial charge is 0.371 e. The topological polar surface area (TPSA) is 41.6 Å². The van der Waals surface area contributed by atoms with Gasteiger partial charge >= 0.3 is 6.18 Å². The maximum atomic E-state index is 13.0. The normalized spacial score (nSPS) is 18.3. The third kappa shape index (κ3) is 5.08. The molecule has 1 fully saturated rings. The van der Waals surface area contributed by atoms with E-state index in [-0.39, 0.29) is 18.2 Å². The van der Waals surface area contributed by atoms with Crippen LogP contribution in [0.3, 0.4) is 0 Å². The van der Waals surface area contributed by atoms with Gasteiger partial charge in [-0.2, -0.15) is 13.2 Å². The molecule has 144 valence electrons. The summed E-state index contributed by atoms with van der Waals surface area (Å²) in [4.78, 5) is 14.3. The van der Waals surface area contributed by atoms with Crippen molar-refractivity contribution in [3.63, 3.8) is 0 Å². The van der Waals surface area contributed by atoms with E-state index in [2.05, 4.69) is 10.2 Å². The maximum Gasteiger partial charge on any atom is 0.417 e. The first-order chi connectivity index (χ1) is 12.9. The summed E-state index contributed by atoms with van der Waals surface area (Å²) in [7, 11) is 0. The Morgan fingerprint density at radius 1 is 1.11 bits per heavy atom. The van der Waals surface area contributed by atoms with Crippen LogP contribution in [0.15, 0.2) is 54.6 Å². The van der Waals surface area contributed by atoms with Crippen LogP contribution in [0.5, 0.6) is 0 Å². The Hall–Kier alpha value is -2.38. The number of hydrogen-bond donors (Lipinski definition) is 1. The lowest BCUT2D eigenvalue weighted by Gasteiger charge is -2.33. The number of ether oxygens (including phenoxy) is 1. The molecule has 4 nitrogen and oxygen atoms in total. The molecule has 0 saturated carbocycles. The number of rotatable bonds is 5. The molecule has 1 aliphatic rings. The minimum absolute atomic E-state index is 0.0402. The van der Waals surface area contributed by atoms with Crippen LogP contribution in [0.1, 0.15) is 27.6 Å². The van der Waals surface area contributed by atoms with Crippen molar-refractivity contribution >= 4 is 5.91 Å². The minimum atomic E-state index is -4.55. The van der Waals surface area contributed by atoms with Gasteiger partial charge in [0, 0.05) is 26.2 Å². The van der Waals surface area contributed by atoms with E-state index in [1.54, 1.807) is 0 Å². The summed E-state index contributed by atoms with van der Waals surface area (Å²) in [6.07, 6.45) is -4.59. The van der Waals surface area contributed by atoms with Gasteiger partial charge in [-0.25, -0.2) is 0 Å². The molecular formula is C20H21F3N2O2. The Balaban J connectivity index is 1.53. The highest BCUT2D eigenvalue weighted by molar-refractivity contribution is 5.95. The van der Waals surface area contributed by atoms with Crippen molar-refractivity contribution in [2.45, 2.75) is 12.3 Å². The van der Waals surface area contributed by atoms with Gasteiger partial charge in [0.2, 0.25) is 0 Å². The van der Waals surface area contributed by atoms with Crippen LogP contribution < -0.4 is 5.32 Å². The average Bonchev–Trinajstić information content (AvgIpc) is 2.68. The molecule has 0 radical (unpaired) electrons. The van der Waals surface area contributed by atoms with Gasteiger partial charge in [0.05, 0.1) is 23.8 Å². The molecule has 1 aliphatic heterocycles. The lowest BCUT2D eigenvalue weighted by atomic mass is 10.1. The van der Waals surface area contributed by atoms with E-state index in [1.807, 2.05) is 30.3 Å². The molecule has 1 heterocycles. The molecule has 1 atom stereocenters. The SMILES string of the molecule is O=C(NCCN1CCOC(c2ccccc2)C1)c1ccccc1C(F)(F)F. The molecule has 0 bridgehead atoms. The second-order valence-electron chi connectivity index (χ2n) is 6.37. The van der Waals surface area contributed by atoms with Crippen LogP contribution >= 0.6 is 0 Å². The molecule has 27 heavy (non-hydrogen) atoms. The minimum Gasteiger partial charge on any atom is -0.371 e. The zero-order valence-electron chi connectivity index (χ0n) is 14.7. The fourth-order valence-corrected chi connectivity index (χ4v) is 3.13. The molecule has 1 N–H and O–H groups in total. The standard InChI is InChI=1S/C20H21F3N2O2/c21-20(22,23)17-9-5-4-8-16(17)19(26)24-10-11-25-12-13-27-18(14-25)15-6-2-1-3-7-15/h1-9,18H,10-14H2,(H,24,26). The lowest BCUT2D eigenvalue weighted by Crippen LogP contribution is -2.42. The molecule has 1 amide bonds. The van der Waals surface area contributed by atoms with Crippen LogP contribution in [-0.2, 0) is 10.9 Å². The number of benzene rings is 2. The maximum absolute atomic E-state index is 13.0. The van der Waals surface area contributed by atoms with Crippen LogP contribution in [0.4, 0.5) is 13.2 Å². The van der Waals surface area contributed by atoms with Crippen molar-refractivity contribution in [1.29, 1.82) is 0 Å². The van der Waals surface area contributed by atoms with Gasteiger partial charge < -0.3 is 10.1 Å². The van der Waals surface area contributed by atoms with Crippen molar-refractivity contribution in [2.75, 3.05) is 32.8 Å². The zero-order valence-corrected chi connectivity index (χ0v) is 14.7. The van der Waals surface area contributed by atoms with Gasteiger partial charge in [-0.15, -0.1) is 0 Å². The van der Waals surface area contributed by atoms with E-state index in [9.17, 15) is 18.0 Å². The summed E-state index contributed by atoms with van der Waals surface area (Å²) in [6, 6.07) is 14.7. The molecule has 1 unspecified atom stereocenters.